The molecule has 1 aromatic heterocycles. The van der Waals surface area contributed by atoms with E-state index < -0.39 is 0 Å². The quantitative estimate of drug-likeness (QED) is 0.767. The smallest absolute Gasteiger partial charge is 0.289 e. The molecule has 0 spiro atoms. The van der Waals surface area contributed by atoms with Crippen molar-refractivity contribution in [2.45, 2.75) is 13.8 Å². The van der Waals surface area contributed by atoms with Gasteiger partial charge in [0.15, 0.2) is 11.6 Å². The van der Waals surface area contributed by atoms with Crippen LogP contribution in [0.15, 0.2) is 16.5 Å². The third kappa shape index (κ3) is 2.02. The lowest BCUT2D eigenvalue weighted by Crippen LogP contribution is -2.30. The topological polar surface area (TPSA) is 59.5 Å². The summed E-state index contributed by atoms with van der Waals surface area (Å²) >= 11 is 0. The van der Waals surface area contributed by atoms with Gasteiger partial charge in [0.2, 0.25) is 0 Å². The molecule has 0 aliphatic carbocycles. The second-order valence-electron chi connectivity index (χ2n) is 2.68. The number of nitrogens with two attached hydrogens (primary N) is 1. The van der Waals surface area contributed by atoms with Crippen LogP contribution < -0.4 is 5.73 Å². The van der Waals surface area contributed by atoms with Gasteiger partial charge in [0, 0.05) is 19.2 Å². The highest BCUT2D eigenvalue weighted by Gasteiger charge is 2.15. The number of amides is 1. The Morgan fingerprint density at radius 1 is 1.46 bits per heavy atom. The van der Waals surface area contributed by atoms with Crippen molar-refractivity contribution in [1.82, 2.24) is 4.90 Å². The fourth-order valence-corrected chi connectivity index (χ4v) is 1.13. The molecule has 4 nitrogen and oxygen atoms in total. The molecule has 0 saturated carbocycles. The third-order valence-electron chi connectivity index (χ3n) is 1.89. The standard InChI is InChI=1S/C9H14N2O2/c1-3-11(4-2)9(12)7-5-6-8(10)13-7/h5-6H,3-4,10H2,1-2H3. The molecule has 2 N–H and O–H groups in total. The number of nitrogens with zero attached hydrogens (tertiary/aromatic N) is 1. The van der Waals surface area contributed by atoms with Gasteiger partial charge in [-0.15, -0.1) is 0 Å². The summed E-state index contributed by atoms with van der Waals surface area (Å²) < 4.78 is 5.02. The van der Waals surface area contributed by atoms with Crippen LogP contribution in [0.4, 0.5) is 5.88 Å². The first kappa shape index (κ1) is 9.64. The van der Waals surface area contributed by atoms with Crippen LogP contribution in [-0.2, 0) is 0 Å². The minimum absolute atomic E-state index is 0.110. The third-order valence-corrected chi connectivity index (χ3v) is 1.89. The SMILES string of the molecule is CCN(CC)C(=O)c1ccc(N)o1. The van der Waals surface area contributed by atoms with Crippen molar-refractivity contribution in [3.8, 4) is 0 Å². The van der Waals surface area contributed by atoms with E-state index in [2.05, 4.69) is 0 Å². The maximum Gasteiger partial charge on any atom is 0.289 e. The Morgan fingerprint density at radius 2 is 2.08 bits per heavy atom. The van der Waals surface area contributed by atoms with E-state index in [0.29, 0.717) is 18.8 Å². The van der Waals surface area contributed by atoms with Crippen LogP contribution in [0.5, 0.6) is 0 Å². The van der Waals surface area contributed by atoms with Crippen molar-refractivity contribution in [3.63, 3.8) is 0 Å². The van der Waals surface area contributed by atoms with Gasteiger partial charge in [-0.3, -0.25) is 4.79 Å². The molecule has 0 aliphatic rings. The van der Waals surface area contributed by atoms with Gasteiger partial charge in [0.1, 0.15) is 0 Å². The summed E-state index contributed by atoms with van der Waals surface area (Å²) in [7, 11) is 0. The molecule has 0 bridgehead atoms. The molecular formula is C9H14N2O2. The summed E-state index contributed by atoms with van der Waals surface area (Å²) in [5.74, 6) is 0.471. The minimum Gasteiger partial charge on any atom is -0.436 e. The first-order valence-electron chi connectivity index (χ1n) is 4.33. The van der Waals surface area contributed by atoms with Gasteiger partial charge in [-0.2, -0.15) is 0 Å². The summed E-state index contributed by atoms with van der Waals surface area (Å²) in [6.07, 6.45) is 0. The summed E-state index contributed by atoms with van der Waals surface area (Å²) in [6.45, 7) is 5.20. The van der Waals surface area contributed by atoms with Crippen molar-refractivity contribution < 1.29 is 9.21 Å². The van der Waals surface area contributed by atoms with Crippen LogP contribution in [-0.4, -0.2) is 23.9 Å². The molecule has 1 rings (SSSR count). The Morgan fingerprint density at radius 3 is 2.46 bits per heavy atom. The number of hydrogen-bond donors (Lipinski definition) is 1. The summed E-state index contributed by atoms with van der Waals surface area (Å²) in [5, 5.41) is 0. The fourth-order valence-electron chi connectivity index (χ4n) is 1.13. The molecule has 1 heterocycles. The van der Waals surface area contributed by atoms with Gasteiger partial charge >= 0.3 is 0 Å². The molecular weight excluding hydrogens is 168 g/mol. The van der Waals surface area contributed by atoms with Gasteiger partial charge < -0.3 is 15.1 Å². The van der Waals surface area contributed by atoms with Gasteiger partial charge in [-0.1, -0.05) is 0 Å². The van der Waals surface area contributed by atoms with Crippen LogP contribution in [0.25, 0.3) is 0 Å². The largest absolute Gasteiger partial charge is 0.436 e. The lowest BCUT2D eigenvalue weighted by Gasteiger charge is -2.16. The molecule has 72 valence electrons. The lowest BCUT2D eigenvalue weighted by molar-refractivity contribution is 0.0742. The first-order chi connectivity index (χ1) is 6.19. The van der Waals surface area contributed by atoms with E-state index in [-0.39, 0.29) is 11.8 Å². The highest BCUT2D eigenvalue weighted by atomic mass is 16.4. The minimum atomic E-state index is -0.110. The van der Waals surface area contributed by atoms with Crippen molar-refractivity contribution >= 4 is 11.8 Å². The summed E-state index contributed by atoms with van der Waals surface area (Å²) in [4.78, 5) is 13.3. The number of hydrogen-bond acceptors (Lipinski definition) is 3. The van der Waals surface area contributed by atoms with Gasteiger partial charge in [0.25, 0.3) is 5.91 Å². The normalized spacial score (nSPS) is 10.0. The van der Waals surface area contributed by atoms with Crippen LogP contribution in [0.2, 0.25) is 0 Å². The van der Waals surface area contributed by atoms with Crippen LogP contribution in [0.3, 0.4) is 0 Å². The highest BCUT2D eigenvalue weighted by molar-refractivity contribution is 5.91. The molecule has 1 amide bonds. The van der Waals surface area contributed by atoms with Gasteiger partial charge in [-0.05, 0) is 19.9 Å². The van der Waals surface area contributed by atoms with E-state index in [4.69, 9.17) is 10.2 Å². The molecule has 0 saturated heterocycles. The van der Waals surface area contributed by atoms with Crippen molar-refractivity contribution in [2.24, 2.45) is 0 Å². The van der Waals surface area contributed by atoms with E-state index in [1.54, 1.807) is 17.0 Å². The molecule has 0 unspecified atom stereocenters. The number of carbonyl (C=O) groups is 1. The summed E-state index contributed by atoms with van der Waals surface area (Å²) in [6, 6.07) is 3.17. The Kier molecular flexibility index (Phi) is 2.95. The maximum absolute atomic E-state index is 11.6. The Bertz CT molecular complexity index is 290. The highest BCUT2D eigenvalue weighted by Crippen LogP contribution is 2.11. The number of rotatable bonds is 3. The van der Waals surface area contributed by atoms with Crippen molar-refractivity contribution in [2.75, 3.05) is 18.8 Å². The zero-order valence-corrected chi connectivity index (χ0v) is 7.91. The van der Waals surface area contributed by atoms with Gasteiger partial charge in [0.05, 0.1) is 0 Å². The lowest BCUT2D eigenvalue weighted by atomic mass is 10.3. The average molecular weight is 182 g/mol. The predicted molar refractivity (Wildman–Crippen MR) is 50.4 cm³/mol. The van der Waals surface area contributed by atoms with E-state index in [1.807, 2.05) is 13.8 Å². The molecule has 4 heteroatoms. The number of nitrogen functional groups attached to an aromatic ring is 1. The molecule has 0 fully saturated rings. The number of furan rings is 1. The van der Waals surface area contributed by atoms with Crippen LogP contribution in [0.1, 0.15) is 24.4 Å². The Balaban J connectivity index is 2.78. The first-order valence-corrected chi connectivity index (χ1v) is 4.33. The molecule has 0 atom stereocenters. The fraction of sp³-hybridized carbons (Fsp3) is 0.444. The van der Waals surface area contributed by atoms with E-state index >= 15 is 0 Å². The second-order valence-corrected chi connectivity index (χ2v) is 2.68. The zero-order chi connectivity index (χ0) is 9.84. The van der Waals surface area contributed by atoms with Gasteiger partial charge in [-0.25, -0.2) is 0 Å². The van der Waals surface area contributed by atoms with E-state index in [9.17, 15) is 4.79 Å². The maximum atomic E-state index is 11.6. The predicted octanol–water partition coefficient (Wildman–Crippen LogP) is 1.34. The van der Waals surface area contributed by atoms with Crippen molar-refractivity contribution in [1.29, 1.82) is 0 Å². The average Bonchev–Trinajstić information content (AvgIpc) is 2.54. The molecule has 13 heavy (non-hydrogen) atoms. The van der Waals surface area contributed by atoms with Crippen LogP contribution >= 0.6 is 0 Å². The molecule has 1 aromatic rings. The van der Waals surface area contributed by atoms with E-state index in [1.165, 1.54) is 0 Å². The number of carbonyl (C=O) groups excluding carboxylic acids is 1. The van der Waals surface area contributed by atoms with E-state index in [0.717, 1.165) is 0 Å². The second kappa shape index (κ2) is 3.98. The zero-order valence-electron chi connectivity index (χ0n) is 7.91. The van der Waals surface area contributed by atoms with Crippen molar-refractivity contribution in [3.05, 3.63) is 17.9 Å². The van der Waals surface area contributed by atoms with Crippen LogP contribution in [0, 0.1) is 0 Å². The molecule has 0 aromatic carbocycles. The molecule has 0 radical (unpaired) electrons. The Hall–Kier alpha value is -1.45. The number of anilines is 1. The summed E-state index contributed by atoms with van der Waals surface area (Å²) in [5.41, 5.74) is 5.36. The monoisotopic (exact) mass is 182 g/mol. The Labute approximate surface area is 77.3 Å². The molecule has 0 aliphatic heterocycles.